The third-order valence-electron chi connectivity index (χ3n) is 4.55. The number of benzene rings is 1. The average Bonchev–Trinajstić information content (AvgIpc) is 2.69. The molecule has 29 heavy (non-hydrogen) atoms. The summed E-state index contributed by atoms with van der Waals surface area (Å²) in [5, 5.41) is 3.21. The zero-order chi connectivity index (χ0) is 21.3. The molecule has 0 unspecified atom stereocenters. The third-order valence-corrected chi connectivity index (χ3v) is 6.21. The minimum Gasteiger partial charge on any atom is -0.325 e. The second-order valence-electron chi connectivity index (χ2n) is 6.95. The molecule has 7 nitrogen and oxygen atoms in total. The molecule has 2 heterocycles. The fourth-order valence-corrected chi connectivity index (χ4v) is 4.34. The number of thioether (sulfide) groups is 1. The monoisotopic (exact) mass is 476 g/mol. The number of carbonyl (C=O) groups is 1. The van der Waals surface area contributed by atoms with Gasteiger partial charge in [-0.1, -0.05) is 29.8 Å². The van der Waals surface area contributed by atoms with Crippen molar-refractivity contribution in [3.05, 3.63) is 61.3 Å². The van der Waals surface area contributed by atoms with E-state index in [1.807, 2.05) is 26.0 Å². The molecule has 1 amide bonds. The van der Waals surface area contributed by atoms with Crippen LogP contribution in [-0.4, -0.2) is 25.8 Å². The van der Waals surface area contributed by atoms with Gasteiger partial charge in [0.25, 0.3) is 5.56 Å². The molecule has 1 N–H and O–H groups in total. The summed E-state index contributed by atoms with van der Waals surface area (Å²) in [7, 11) is 3.03. The summed E-state index contributed by atoms with van der Waals surface area (Å²) < 4.78 is 3.35. The summed E-state index contributed by atoms with van der Waals surface area (Å²) in [5.74, 6) is 0.0467. The van der Waals surface area contributed by atoms with Crippen LogP contribution >= 0.6 is 27.7 Å². The Balaban J connectivity index is 1.99. The van der Waals surface area contributed by atoms with E-state index in [9.17, 15) is 14.4 Å². The Bertz CT molecular complexity index is 1200. The number of aromatic nitrogens is 3. The number of pyridine rings is 1. The van der Waals surface area contributed by atoms with Gasteiger partial charge in [-0.15, -0.1) is 11.8 Å². The number of anilines is 1. The van der Waals surface area contributed by atoms with Gasteiger partial charge in [0.05, 0.1) is 11.1 Å². The second kappa shape index (κ2) is 8.54. The SMILES string of the molecule is CC(C)c1cnc2c(c1SCC(=O)Nc1ccc(Br)cc1)c(=O)n(C)c(=O)n2C. The van der Waals surface area contributed by atoms with Crippen LogP contribution in [0.1, 0.15) is 25.3 Å². The normalized spacial score (nSPS) is 11.2. The lowest BCUT2D eigenvalue weighted by Gasteiger charge is -2.16. The minimum atomic E-state index is -0.434. The standard InChI is InChI=1S/C20H21BrN4O3S/c1-11(2)14-9-22-18-16(19(27)25(4)20(28)24(18)3)17(14)29-10-15(26)23-13-7-5-12(21)6-8-13/h5-9,11H,10H2,1-4H3,(H,23,26). The Kier molecular flexibility index (Phi) is 6.28. The number of carbonyl (C=O) groups excluding carboxylic acids is 1. The van der Waals surface area contributed by atoms with Gasteiger partial charge in [-0.05, 0) is 35.7 Å². The van der Waals surface area contributed by atoms with Crippen LogP contribution in [0, 0.1) is 0 Å². The summed E-state index contributed by atoms with van der Waals surface area (Å²) in [5.41, 5.74) is 1.04. The minimum absolute atomic E-state index is 0.103. The lowest BCUT2D eigenvalue weighted by molar-refractivity contribution is -0.113. The number of hydrogen-bond donors (Lipinski definition) is 1. The molecule has 0 atom stereocenters. The number of nitrogens with one attached hydrogen (secondary N) is 1. The molecule has 0 spiro atoms. The molecule has 0 aliphatic heterocycles. The number of halogens is 1. The highest BCUT2D eigenvalue weighted by Gasteiger charge is 2.20. The van der Waals surface area contributed by atoms with Crippen molar-refractivity contribution in [3.8, 4) is 0 Å². The molecule has 0 aliphatic rings. The first-order valence-corrected chi connectivity index (χ1v) is 10.8. The molecule has 0 fully saturated rings. The highest BCUT2D eigenvalue weighted by molar-refractivity contribution is 9.10. The van der Waals surface area contributed by atoms with Crippen molar-refractivity contribution in [2.75, 3.05) is 11.1 Å². The van der Waals surface area contributed by atoms with Crippen molar-refractivity contribution in [1.29, 1.82) is 0 Å². The van der Waals surface area contributed by atoms with Crippen molar-refractivity contribution in [2.45, 2.75) is 24.7 Å². The second-order valence-corrected chi connectivity index (χ2v) is 8.85. The first-order valence-electron chi connectivity index (χ1n) is 8.97. The molecule has 152 valence electrons. The van der Waals surface area contributed by atoms with Crippen molar-refractivity contribution < 1.29 is 4.79 Å². The van der Waals surface area contributed by atoms with Crippen LogP contribution in [0.25, 0.3) is 11.0 Å². The first kappa shape index (κ1) is 21.3. The van der Waals surface area contributed by atoms with Gasteiger partial charge >= 0.3 is 5.69 Å². The predicted octanol–water partition coefficient (Wildman–Crippen LogP) is 3.25. The van der Waals surface area contributed by atoms with Gasteiger partial charge in [0.2, 0.25) is 5.91 Å². The first-order chi connectivity index (χ1) is 13.7. The fourth-order valence-electron chi connectivity index (χ4n) is 2.95. The molecule has 0 aliphatic carbocycles. The molecular formula is C20H21BrN4O3S. The van der Waals surface area contributed by atoms with E-state index in [1.165, 1.54) is 23.4 Å². The summed E-state index contributed by atoms with van der Waals surface area (Å²) in [4.78, 5) is 42.6. The molecule has 0 saturated carbocycles. The molecule has 3 rings (SSSR count). The number of hydrogen-bond acceptors (Lipinski definition) is 5. The van der Waals surface area contributed by atoms with Gasteiger partial charge in [0, 0.05) is 35.3 Å². The molecule has 9 heteroatoms. The third kappa shape index (κ3) is 4.30. The van der Waals surface area contributed by atoms with E-state index in [-0.39, 0.29) is 17.6 Å². The Morgan fingerprint density at radius 1 is 1.17 bits per heavy atom. The van der Waals surface area contributed by atoms with E-state index in [4.69, 9.17) is 0 Å². The Labute approximate surface area is 180 Å². The lowest BCUT2D eigenvalue weighted by Crippen LogP contribution is -2.37. The summed E-state index contributed by atoms with van der Waals surface area (Å²) >= 11 is 4.65. The van der Waals surface area contributed by atoms with Crippen LogP contribution in [0.2, 0.25) is 0 Å². The van der Waals surface area contributed by atoms with Crippen molar-refractivity contribution in [3.63, 3.8) is 0 Å². The summed E-state index contributed by atoms with van der Waals surface area (Å²) in [6, 6.07) is 7.31. The highest BCUT2D eigenvalue weighted by atomic mass is 79.9. The quantitative estimate of drug-likeness (QED) is 0.571. The smallest absolute Gasteiger partial charge is 0.325 e. The van der Waals surface area contributed by atoms with Crippen LogP contribution in [-0.2, 0) is 18.9 Å². The molecule has 3 aromatic rings. The maximum absolute atomic E-state index is 12.9. The van der Waals surface area contributed by atoms with Gasteiger partial charge in [0.15, 0.2) is 0 Å². The molecule has 2 aromatic heterocycles. The van der Waals surface area contributed by atoms with Crippen LogP contribution in [0.5, 0.6) is 0 Å². The van der Waals surface area contributed by atoms with Gasteiger partial charge in [0.1, 0.15) is 5.65 Å². The van der Waals surface area contributed by atoms with E-state index in [2.05, 4.69) is 26.2 Å². The van der Waals surface area contributed by atoms with Crippen molar-refractivity contribution in [1.82, 2.24) is 14.1 Å². The Morgan fingerprint density at radius 2 is 1.83 bits per heavy atom. The van der Waals surface area contributed by atoms with Gasteiger partial charge < -0.3 is 5.32 Å². The summed E-state index contributed by atoms with van der Waals surface area (Å²) in [6.07, 6.45) is 1.68. The van der Waals surface area contributed by atoms with Crippen LogP contribution < -0.4 is 16.6 Å². The predicted molar refractivity (Wildman–Crippen MR) is 120 cm³/mol. The van der Waals surface area contributed by atoms with E-state index in [0.717, 1.165) is 14.6 Å². The molecule has 0 bridgehead atoms. The average molecular weight is 477 g/mol. The van der Waals surface area contributed by atoms with Crippen LogP contribution in [0.15, 0.2) is 49.4 Å². The number of nitrogens with zero attached hydrogens (tertiary/aromatic N) is 3. The zero-order valence-electron chi connectivity index (χ0n) is 16.5. The maximum atomic E-state index is 12.9. The van der Waals surface area contributed by atoms with Gasteiger partial charge in [-0.25, -0.2) is 9.78 Å². The molecule has 0 radical (unpaired) electrons. The molecule has 1 aromatic carbocycles. The van der Waals surface area contributed by atoms with E-state index in [1.54, 1.807) is 25.4 Å². The van der Waals surface area contributed by atoms with Crippen LogP contribution in [0.4, 0.5) is 5.69 Å². The number of amides is 1. The number of fused-ring (bicyclic) bond motifs is 1. The Hall–Kier alpha value is -2.39. The van der Waals surface area contributed by atoms with Crippen LogP contribution in [0.3, 0.4) is 0 Å². The zero-order valence-corrected chi connectivity index (χ0v) is 18.9. The van der Waals surface area contributed by atoms with E-state index >= 15 is 0 Å². The molecule has 0 saturated heterocycles. The van der Waals surface area contributed by atoms with E-state index in [0.29, 0.717) is 21.6 Å². The lowest BCUT2D eigenvalue weighted by atomic mass is 10.0. The maximum Gasteiger partial charge on any atom is 0.332 e. The Morgan fingerprint density at radius 3 is 2.45 bits per heavy atom. The highest BCUT2D eigenvalue weighted by Crippen LogP contribution is 2.32. The van der Waals surface area contributed by atoms with Crippen molar-refractivity contribution in [2.24, 2.45) is 14.1 Å². The molecular weight excluding hydrogens is 456 g/mol. The topological polar surface area (TPSA) is 86.0 Å². The number of rotatable bonds is 5. The number of aryl methyl sites for hydroxylation is 1. The van der Waals surface area contributed by atoms with Gasteiger partial charge in [-0.2, -0.15) is 0 Å². The largest absolute Gasteiger partial charge is 0.332 e. The fraction of sp³-hybridized carbons (Fsp3) is 0.300. The van der Waals surface area contributed by atoms with E-state index < -0.39 is 11.2 Å². The van der Waals surface area contributed by atoms with Gasteiger partial charge in [-0.3, -0.25) is 18.7 Å². The van der Waals surface area contributed by atoms with Crippen molar-refractivity contribution >= 4 is 50.3 Å². The summed E-state index contributed by atoms with van der Waals surface area (Å²) in [6.45, 7) is 4.00.